The van der Waals surface area contributed by atoms with Crippen LogP contribution in [0.25, 0.3) is 0 Å². The van der Waals surface area contributed by atoms with Gasteiger partial charge in [-0.3, -0.25) is 9.59 Å². The average Bonchev–Trinajstić information content (AvgIpc) is 2.93. The summed E-state index contributed by atoms with van der Waals surface area (Å²) in [5.74, 6) is -1.06. The van der Waals surface area contributed by atoms with Crippen LogP contribution in [0, 0.1) is 6.92 Å². The van der Waals surface area contributed by atoms with E-state index in [0.717, 1.165) is 5.56 Å². The van der Waals surface area contributed by atoms with Crippen molar-refractivity contribution in [2.45, 2.75) is 26.9 Å². The van der Waals surface area contributed by atoms with E-state index in [1.807, 2.05) is 13.0 Å². The molecule has 1 heterocycles. The monoisotopic (exact) mass is 331 g/mol. The highest BCUT2D eigenvalue weighted by Crippen LogP contribution is 2.18. The highest BCUT2D eigenvalue weighted by atomic mass is 32.1. The highest BCUT2D eigenvalue weighted by molar-refractivity contribution is 7.12. The number of benzene rings is 1. The molecule has 0 saturated carbocycles. The summed E-state index contributed by atoms with van der Waals surface area (Å²) >= 11 is 1.28. The van der Waals surface area contributed by atoms with Crippen molar-refractivity contribution in [2.75, 3.05) is 5.32 Å². The third kappa shape index (κ3) is 4.26. The van der Waals surface area contributed by atoms with Gasteiger partial charge in [-0.15, -0.1) is 11.3 Å². The molecule has 5 nitrogen and oxygen atoms in total. The van der Waals surface area contributed by atoms with Gasteiger partial charge in [-0.2, -0.15) is 0 Å². The Hall–Kier alpha value is -2.47. The minimum absolute atomic E-state index is 0.0891. The lowest BCUT2D eigenvalue weighted by molar-refractivity contribution is -0.123. The minimum atomic E-state index is -0.940. The van der Waals surface area contributed by atoms with Crippen molar-refractivity contribution >= 4 is 34.7 Å². The van der Waals surface area contributed by atoms with Crippen molar-refractivity contribution in [1.29, 1.82) is 0 Å². The van der Waals surface area contributed by atoms with Crippen molar-refractivity contribution < 1.29 is 19.1 Å². The van der Waals surface area contributed by atoms with Crippen LogP contribution in [-0.2, 0) is 9.53 Å². The number of esters is 1. The molecule has 1 amide bonds. The average molecular weight is 331 g/mol. The molecular formula is C17H17NO4S. The molecule has 1 aromatic heterocycles. The predicted molar refractivity (Wildman–Crippen MR) is 89.0 cm³/mol. The summed E-state index contributed by atoms with van der Waals surface area (Å²) in [4.78, 5) is 35.9. The second-order valence-electron chi connectivity index (χ2n) is 5.11. The summed E-state index contributed by atoms with van der Waals surface area (Å²) < 4.78 is 5.18. The van der Waals surface area contributed by atoms with Gasteiger partial charge in [0.15, 0.2) is 11.9 Å². The van der Waals surface area contributed by atoms with E-state index in [4.69, 9.17) is 4.74 Å². The maximum Gasteiger partial charge on any atom is 0.349 e. The van der Waals surface area contributed by atoms with Crippen LogP contribution < -0.4 is 5.32 Å². The molecule has 0 aliphatic rings. The number of rotatable bonds is 5. The first-order valence-electron chi connectivity index (χ1n) is 7.05. The Morgan fingerprint density at radius 1 is 1.22 bits per heavy atom. The largest absolute Gasteiger partial charge is 0.448 e. The number of ether oxygens (including phenoxy) is 1. The van der Waals surface area contributed by atoms with Gasteiger partial charge in [0.25, 0.3) is 5.91 Å². The Bertz CT molecular complexity index is 751. The molecule has 0 aliphatic heterocycles. The van der Waals surface area contributed by atoms with Crippen molar-refractivity contribution in [2.24, 2.45) is 0 Å². The van der Waals surface area contributed by atoms with Gasteiger partial charge in [-0.1, -0.05) is 12.1 Å². The van der Waals surface area contributed by atoms with E-state index in [1.165, 1.54) is 25.2 Å². The Labute approximate surface area is 138 Å². The first-order valence-corrected chi connectivity index (χ1v) is 7.93. The van der Waals surface area contributed by atoms with Gasteiger partial charge in [0.2, 0.25) is 0 Å². The van der Waals surface area contributed by atoms with E-state index in [9.17, 15) is 14.4 Å². The number of nitrogens with one attached hydrogen (secondary N) is 1. The normalized spacial score (nSPS) is 11.6. The molecule has 6 heteroatoms. The Balaban J connectivity index is 2.00. The Kier molecular flexibility index (Phi) is 5.28. The lowest BCUT2D eigenvalue weighted by Gasteiger charge is -2.13. The van der Waals surface area contributed by atoms with Gasteiger partial charge >= 0.3 is 5.97 Å². The van der Waals surface area contributed by atoms with Gasteiger partial charge in [0.05, 0.1) is 0 Å². The van der Waals surface area contributed by atoms with Crippen LogP contribution in [0.4, 0.5) is 5.69 Å². The number of ketones is 1. The first kappa shape index (κ1) is 16.9. The number of aryl methyl sites for hydroxylation is 1. The second kappa shape index (κ2) is 7.19. The van der Waals surface area contributed by atoms with Gasteiger partial charge in [-0.25, -0.2) is 4.79 Å². The molecule has 120 valence electrons. The number of hydrogen-bond acceptors (Lipinski definition) is 5. The molecular weight excluding hydrogens is 314 g/mol. The van der Waals surface area contributed by atoms with Gasteiger partial charge in [0, 0.05) is 11.3 Å². The molecule has 0 saturated heterocycles. The van der Waals surface area contributed by atoms with E-state index in [2.05, 4.69) is 5.32 Å². The van der Waals surface area contributed by atoms with E-state index >= 15 is 0 Å². The van der Waals surface area contributed by atoms with Gasteiger partial charge in [-0.05, 0) is 49.9 Å². The lowest BCUT2D eigenvalue weighted by Crippen LogP contribution is -2.30. The first-order chi connectivity index (χ1) is 10.9. The summed E-state index contributed by atoms with van der Waals surface area (Å²) in [5, 5.41) is 4.43. The molecule has 0 spiro atoms. The number of carbonyl (C=O) groups is 3. The zero-order valence-electron chi connectivity index (χ0n) is 13.1. The fraction of sp³-hybridized carbons (Fsp3) is 0.235. The van der Waals surface area contributed by atoms with Crippen LogP contribution >= 0.6 is 11.3 Å². The number of thiophene rings is 1. The van der Waals surface area contributed by atoms with Crippen molar-refractivity contribution in [1.82, 2.24) is 0 Å². The number of hydrogen-bond donors (Lipinski definition) is 1. The molecule has 1 N–H and O–H groups in total. The van der Waals surface area contributed by atoms with E-state index in [0.29, 0.717) is 16.1 Å². The molecule has 0 unspecified atom stereocenters. The molecule has 2 aromatic rings. The highest BCUT2D eigenvalue weighted by Gasteiger charge is 2.21. The predicted octanol–water partition coefficient (Wildman–Crippen LogP) is 3.44. The van der Waals surface area contributed by atoms with Crippen LogP contribution in [0.1, 0.15) is 39.4 Å². The van der Waals surface area contributed by atoms with Gasteiger partial charge in [0.1, 0.15) is 4.88 Å². The number of carbonyl (C=O) groups excluding carboxylic acids is 3. The number of anilines is 1. The topological polar surface area (TPSA) is 72.5 Å². The quantitative estimate of drug-likeness (QED) is 0.673. The Morgan fingerprint density at radius 3 is 2.57 bits per heavy atom. The maximum absolute atomic E-state index is 12.1. The van der Waals surface area contributed by atoms with E-state index in [1.54, 1.807) is 29.6 Å². The summed E-state index contributed by atoms with van der Waals surface area (Å²) in [5.41, 5.74) is 1.81. The third-order valence-corrected chi connectivity index (χ3v) is 4.23. The minimum Gasteiger partial charge on any atom is -0.448 e. The third-order valence-electron chi connectivity index (χ3n) is 3.24. The molecule has 0 aliphatic carbocycles. The fourth-order valence-corrected chi connectivity index (χ4v) is 2.72. The molecule has 1 aromatic carbocycles. The van der Waals surface area contributed by atoms with Crippen LogP contribution in [0.5, 0.6) is 0 Å². The Morgan fingerprint density at radius 2 is 1.96 bits per heavy atom. The smallest absolute Gasteiger partial charge is 0.349 e. The number of Topliss-reactive ketones (excluding diaryl/α,β-unsaturated/α-hetero) is 1. The number of amides is 1. The van der Waals surface area contributed by atoms with Crippen LogP contribution in [0.15, 0.2) is 35.7 Å². The fourth-order valence-electron chi connectivity index (χ4n) is 1.91. The van der Waals surface area contributed by atoms with E-state index in [-0.39, 0.29) is 5.78 Å². The molecule has 0 bridgehead atoms. The second-order valence-corrected chi connectivity index (χ2v) is 6.02. The summed E-state index contributed by atoms with van der Waals surface area (Å²) in [6.45, 7) is 4.77. The maximum atomic E-state index is 12.1. The van der Waals surface area contributed by atoms with Gasteiger partial charge < -0.3 is 10.1 Å². The zero-order valence-corrected chi connectivity index (χ0v) is 13.9. The van der Waals surface area contributed by atoms with Crippen LogP contribution in [0.3, 0.4) is 0 Å². The summed E-state index contributed by atoms with van der Waals surface area (Å²) in [7, 11) is 0. The van der Waals surface area contributed by atoms with E-state index < -0.39 is 18.0 Å². The van der Waals surface area contributed by atoms with Crippen LogP contribution in [0.2, 0.25) is 0 Å². The molecule has 2 rings (SSSR count). The van der Waals surface area contributed by atoms with Crippen molar-refractivity contribution in [3.8, 4) is 0 Å². The summed E-state index contributed by atoms with van der Waals surface area (Å²) in [6, 6.07) is 8.42. The van der Waals surface area contributed by atoms with Crippen molar-refractivity contribution in [3.63, 3.8) is 0 Å². The lowest BCUT2D eigenvalue weighted by atomic mass is 10.1. The SMILES string of the molecule is CC(=O)c1cccc(NC(=O)[C@@H](C)OC(=O)c2sccc2C)c1. The molecule has 1 atom stereocenters. The zero-order chi connectivity index (χ0) is 17.0. The van der Waals surface area contributed by atoms with Crippen molar-refractivity contribution in [3.05, 3.63) is 51.7 Å². The standard InChI is InChI=1S/C17H17NO4S/c1-10-7-8-23-15(10)17(21)22-12(3)16(20)18-14-6-4-5-13(9-14)11(2)19/h4-9,12H,1-3H3,(H,18,20)/t12-/m1/s1. The molecule has 0 fully saturated rings. The molecule has 23 heavy (non-hydrogen) atoms. The summed E-state index contributed by atoms with van der Waals surface area (Å²) in [6.07, 6.45) is -0.940. The van der Waals surface area contributed by atoms with Crippen LogP contribution in [-0.4, -0.2) is 23.8 Å². The molecule has 0 radical (unpaired) electrons.